The molecule has 0 amide bonds. The van der Waals surface area contributed by atoms with E-state index in [0.29, 0.717) is 19.8 Å². The molecule has 220 valence electrons. The Hall–Kier alpha value is 0.194. The Labute approximate surface area is 228 Å². The van der Waals surface area contributed by atoms with Gasteiger partial charge in [0.1, 0.15) is 0 Å². The minimum Gasteiger partial charge on any atom is -0.377 e. The summed E-state index contributed by atoms with van der Waals surface area (Å²) >= 11 is 0. The first-order valence-electron chi connectivity index (χ1n) is 15.1. The van der Waals surface area contributed by atoms with E-state index in [2.05, 4.69) is 13.8 Å². The first-order chi connectivity index (χ1) is 17.5. The fraction of sp³-hybridized carbons (Fsp3) is 1.00. The Morgan fingerprint density at radius 3 is 0.917 bits per heavy atom. The lowest BCUT2D eigenvalue weighted by Gasteiger charge is -2.28. The van der Waals surface area contributed by atoms with Gasteiger partial charge in [0.2, 0.25) is 0 Å². The second kappa shape index (κ2) is 28.2. The highest BCUT2D eigenvalue weighted by atomic mass is 28.4. The van der Waals surface area contributed by atoms with Gasteiger partial charge in [0, 0.05) is 53.2 Å². The predicted octanol–water partition coefficient (Wildman–Crippen LogP) is 8.79. The molecule has 8 heteroatoms. The molecular formula is C28H64O6Si2. The summed E-state index contributed by atoms with van der Waals surface area (Å²) in [5.41, 5.74) is 0. The zero-order valence-corrected chi connectivity index (χ0v) is 27.6. The van der Waals surface area contributed by atoms with Gasteiger partial charge in [0.15, 0.2) is 0 Å². The van der Waals surface area contributed by atoms with Crippen molar-refractivity contribution < 1.29 is 26.6 Å². The van der Waals surface area contributed by atoms with E-state index in [1.165, 1.54) is 89.9 Å². The molecule has 0 spiro atoms. The van der Waals surface area contributed by atoms with Crippen molar-refractivity contribution in [1.29, 1.82) is 0 Å². The molecule has 0 atom stereocenters. The molecule has 0 aliphatic rings. The molecule has 0 aromatic rings. The summed E-state index contributed by atoms with van der Waals surface area (Å²) in [7, 11) is 0.384. The lowest BCUT2D eigenvalue weighted by Crippen LogP contribution is -2.45. The van der Waals surface area contributed by atoms with Gasteiger partial charge in [-0.25, -0.2) is 0 Å². The van der Waals surface area contributed by atoms with Crippen molar-refractivity contribution in [2.24, 2.45) is 0 Å². The van der Waals surface area contributed by atoms with Crippen LogP contribution < -0.4 is 0 Å². The first-order valence-corrected chi connectivity index (χ1v) is 18.9. The molecule has 0 aromatic carbocycles. The molecule has 0 bridgehead atoms. The highest BCUT2D eigenvalue weighted by Crippen LogP contribution is 2.21. The largest absolute Gasteiger partial charge is 0.500 e. The van der Waals surface area contributed by atoms with E-state index in [4.69, 9.17) is 26.6 Å². The predicted molar refractivity (Wildman–Crippen MR) is 158 cm³/mol. The van der Waals surface area contributed by atoms with Gasteiger partial charge < -0.3 is 26.6 Å². The highest BCUT2D eigenvalue weighted by molar-refractivity contribution is 6.61. The molecule has 0 aliphatic heterocycles. The molecule has 0 saturated heterocycles. The monoisotopic (exact) mass is 552 g/mol. The van der Waals surface area contributed by atoms with Gasteiger partial charge in [-0.05, 0) is 33.6 Å². The van der Waals surface area contributed by atoms with Gasteiger partial charge in [-0.2, -0.15) is 0 Å². The standard InChI is InChI=1S/C15H34O3Si.C13H30O3Si/c1-5-9-10-11-12-13-14-15-19(16-6-2,17-7-3)18-8-4;1-5-6-7-8-9-10-11-12-13-17(14-2,15-3)16-4/h5-15H2,1-4H3;5-13H2,1-4H3. The normalized spacial score (nSPS) is 12.0. The molecule has 0 unspecified atom stereocenters. The average Bonchev–Trinajstić information content (AvgIpc) is 2.89. The third kappa shape index (κ3) is 21.2. The van der Waals surface area contributed by atoms with Crippen LogP contribution in [0.4, 0.5) is 0 Å². The van der Waals surface area contributed by atoms with Gasteiger partial charge in [0.05, 0.1) is 0 Å². The molecule has 0 radical (unpaired) electrons. The zero-order valence-electron chi connectivity index (χ0n) is 25.6. The SMILES string of the molecule is CCCCCCCCCC[Si](OC)(OC)OC.CCCCCCCCC[Si](OCC)(OCC)OCC. The third-order valence-corrected chi connectivity index (χ3v) is 12.4. The molecule has 0 aliphatic carbocycles. The zero-order chi connectivity index (χ0) is 27.4. The third-order valence-electron chi connectivity index (χ3n) is 6.45. The maximum absolute atomic E-state index is 5.85. The van der Waals surface area contributed by atoms with E-state index < -0.39 is 17.6 Å². The Morgan fingerprint density at radius 2 is 0.639 bits per heavy atom. The van der Waals surface area contributed by atoms with Gasteiger partial charge in [-0.3, -0.25) is 0 Å². The van der Waals surface area contributed by atoms with Crippen molar-refractivity contribution in [3.05, 3.63) is 0 Å². The summed E-state index contributed by atoms with van der Waals surface area (Å²) in [6.07, 6.45) is 19.8. The number of hydrogen-bond donors (Lipinski definition) is 0. The van der Waals surface area contributed by atoms with E-state index in [1.54, 1.807) is 21.3 Å². The molecular weight excluding hydrogens is 488 g/mol. The Bertz CT molecular complexity index is 400. The number of rotatable bonds is 26. The molecule has 0 fully saturated rings. The van der Waals surface area contributed by atoms with E-state index in [1.807, 2.05) is 20.8 Å². The van der Waals surface area contributed by atoms with Crippen LogP contribution in [0.5, 0.6) is 0 Å². The molecule has 36 heavy (non-hydrogen) atoms. The second-order valence-corrected chi connectivity index (χ2v) is 15.2. The van der Waals surface area contributed by atoms with E-state index in [9.17, 15) is 0 Å². The topological polar surface area (TPSA) is 55.4 Å². The number of unbranched alkanes of at least 4 members (excludes halogenated alkanes) is 13. The number of hydrogen-bond acceptors (Lipinski definition) is 6. The maximum atomic E-state index is 5.85. The van der Waals surface area contributed by atoms with Crippen LogP contribution in [0.1, 0.15) is 131 Å². The van der Waals surface area contributed by atoms with Crippen molar-refractivity contribution in [3.8, 4) is 0 Å². The quantitative estimate of drug-likeness (QED) is 0.0789. The summed E-state index contributed by atoms with van der Waals surface area (Å²) in [5.74, 6) is 0. The Balaban J connectivity index is 0. The molecule has 0 aromatic heterocycles. The minimum atomic E-state index is -2.37. The lowest BCUT2D eigenvalue weighted by atomic mass is 10.1. The van der Waals surface area contributed by atoms with Crippen molar-refractivity contribution in [2.45, 2.75) is 143 Å². The van der Waals surface area contributed by atoms with E-state index in [-0.39, 0.29) is 0 Å². The van der Waals surface area contributed by atoms with Gasteiger partial charge in [-0.1, -0.05) is 97.3 Å². The fourth-order valence-electron chi connectivity index (χ4n) is 4.33. The highest BCUT2D eigenvalue weighted by Gasteiger charge is 2.39. The van der Waals surface area contributed by atoms with Crippen molar-refractivity contribution >= 4 is 17.6 Å². The maximum Gasteiger partial charge on any atom is 0.500 e. The van der Waals surface area contributed by atoms with Crippen molar-refractivity contribution in [1.82, 2.24) is 0 Å². The van der Waals surface area contributed by atoms with Gasteiger partial charge in [0.25, 0.3) is 0 Å². The van der Waals surface area contributed by atoms with Gasteiger partial charge in [-0.15, -0.1) is 0 Å². The molecule has 6 nitrogen and oxygen atoms in total. The van der Waals surface area contributed by atoms with Crippen LogP contribution in [-0.2, 0) is 26.6 Å². The fourth-order valence-corrected chi connectivity index (χ4v) is 8.81. The molecule has 0 rings (SSSR count). The van der Waals surface area contributed by atoms with Crippen LogP contribution in [0.15, 0.2) is 0 Å². The van der Waals surface area contributed by atoms with Crippen LogP contribution in [0.25, 0.3) is 0 Å². The average molecular weight is 553 g/mol. The van der Waals surface area contributed by atoms with Crippen molar-refractivity contribution in [3.63, 3.8) is 0 Å². The molecule has 0 N–H and O–H groups in total. The first kappa shape index (κ1) is 38.3. The van der Waals surface area contributed by atoms with Crippen LogP contribution in [0, 0.1) is 0 Å². The summed E-state index contributed by atoms with van der Waals surface area (Å²) in [4.78, 5) is 0. The minimum absolute atomic E-state index is 0.683. The van der Waals surface area contributed by atoms with E-state index in [0.717, 1.165) is 18.5 Å². The molecule has 0 saturated carbocycles. The van der Waals surface area contributed by atoms with Crippen LogP contribution in [0.2, 0.25) is 12.1 Å². The summed E-state index contributed by atoms with van der Waals surface area (Å²) in [6, 6.07) is 1.90. The van der Waals surface area contributed by atoms with Crippen molar-refractivity contribution in [2.75, 3.05) is 41.2 Å². The summed E-state index contributed by atoms with van der Waals surface area (Å²) in [6.45, 7) is 12.6. The summed E-state index contributed by atoms with van der Waals surface area (Å²) in [5, 5.41) is 0. The van der Waals surface area contributed by atoms with Crippen LogP contribution in [0.3, 0.4) is 0 Å². The Kier molecular flexibility index (Phi) is 30.0. The second-order valence-electron chi connectivity index (χ2n) is 9.37. The Morgan fingerprint density at radius 1 is 0.361 bits per heavy atom. The summed E-state index contributed by atoms with van der Waals surface area (Å²) < 4.78 is 33.7. The lowest BCUT2D eigenvalue weighted by molar-refractivity contribution is 0.0706. The van der Waals surface area contributed by atoms with Crippen LogP contribution in [-0.4, -0.2) is 58.8 Å². The smallest absolute Gasteiger partial charge is 0.377 e. The van der Waals surface area contributed by atoms with Gasteiger partial charge >= 0.3 is 17.6 Å². The molecule has 0 heterocycles. The van der Waals surface area contributed by atoms with E-state index >= 15 is 0 Å². The van der Waals surface area contributed by atoms with Crippen LogP contribution >= 0.6 is 0 Å².